The van der Waals surface area contributed by atoms with Crippen LogP contribution in [0.15, 0.2) is 24.3 Å². The highest BCUT2D eigenvalue weighted by Gasteiger charge is 2.81. The van der Waals surface area contributed by atoms with Crippen LogP contribution in [0.25, 0.3) is 0 Å². The molecule has 2 nitrogen and oxygen atoms in total. The lowest BCUT2D eigenvalue weighted by Gasteiger charge is -2.39. The number of nitrogen functional groups attached to an aromatic ring is 2. The quantitative estimate of drug-likeness (QED) is 0.262. The Morgan fingerprint density at radius 1 is 0.381 bits per heavy atom. The first kappa shape index (κ1) is 35.7. The zero-order valence-electron chi connectivity index (χ0n) is 26.5. The Bertz CT molecular complexity index is 1160. The maximum absolute atomic E-state index is 15.7. The van der Waals surface area contributed by atoms with Gasteiger partial charge in [0.05, 0.1) is 0 Å². The summed E-state index contributed by atoms with van der Waals surface area (Å²) in [6, 6.07) is 2.41. The minimum atomic E-state index is -6.53. The Morgan fingerprint density at radius 2 is 0.548 bits per heavy atom. The second kappa shape index (κ2) is 10.0. The fraction of sp³-hybridized carbons (Fsp3) is 0.625. The molecule has 10 heteroatoms. The standard InChI is InChI=1S/C32H44F8N2/c1-25(2,3)19-13-17(14-20(23(19)41)26(4,5)6)29(33,34)31(37,38)32(39,40)30(35,36)18-15-21(27(7,8)9)24(42)22(16-18)28(10,11)12/h13-16H,41-42H2,1-12H3. The molecule has 0 aliphatic carbocycles. The largest absolute Gasteiger partial charge is 0.398 e. The minimum absolute atomic E-state index is 0.00125. The van der Waals surface area contributed by atoms with E-state index >= 15 is 35.1 Å². The fourth-order valence-corrected chi connectivity index (χ4v) is 4.91. The predicted octanol–water partition coefficient (Wildman–Crippen LogP) is 10.2. The number of alkyl halides is 8. The second-order valence-corrected chi connectivity index (χ2v) is 15.3. The molecule has 2 aromatic carbocycles. The van der Waals surface area contributed by atoms with Crippen LogP contribution in [0.4, 0.5) is 46.5 Å². The molecule has 0 saturated heterocycles. The van der Waals surface area contributed by atoms with E-state index in [0.717, 1.165) is 0 Å². The van der Waals surface area contributed by atoms with Gasteiger partial charge in [0.25, 0.3) is 0 Å². The molecule has 0 aliphatic heterocycles. The van der Waals surface area contributed by atoms with Crippen LogP contribution < -0.4 is 11.5 Å². The van der Waals surface area contributed by atoms with Crippen molar-refractivity contribution in [1.29, 1.82) is 0 Å². The highest BCUT2D eigenvalue weighted by Crippen LogP contribution is 2.60. The zero-order valence-corrected chi connectivity index (χ0v) is 26.5. The van der Waals surface area contributed by atoms with Crippen molar-refractivity contribution in [2.45, 2.75) is 128 Å². The van der Waals surface area contributed by atoms with Crippen molar-refractivity contribution >= 4 is 11.4 Å². The van der Waals surface area contributed by atoms with E-state index in [1.165, 1.54) is 0 Å². The molecule has 0 amide bonds. The molecule has 2 rings (SSSR count). The summed E-state index contributed by atoms with van der Waals surface area (Å²) >= 11 is 0. The van der Waals surface area contributed by atoms with Crippen LogP contribution in [0.1, 0.15) is 116 Å². The van der Waals surface area contributed by atoms with Crippen LogP contribution in [-0.4, -0.2) is 11.8 Å². The second-order valence-electron chi connectivity index (χ2n) is 15.3. The predicted molar refractivity (Wildman–Crippen MR) is 154 cm³/mol. The summed E-state index contributed by atoms with van der Waals surface area (Å²) in [6.07, 6.45) is 0. The highest BCUT2D eigenvalue weighted by molar-refractivity contribution is 5.62. The number of anilines is 2. The van der Waals surface area contributed by atoms with Crippen molar-refractivity contribution in [3.63, 3.8) is 0 Å². The fourth-order valence-electron chi connectivity index (χ4n) is 4.91. The average molecular weight is 609 g/mol. The Morgan fingerprint density at radius 3 is 0.690 bits per heavy atom. The summed E-state index contributed by atoms with van der Waals surface area (Å²) in [5.41, 5.74) is 5.55. The summed E-state index contributed by atoms with van der Waals surface area (Å²) in [5.74, 6) is -24.5. The van der Waals surface area contributed by atoms with Crippen molar-refractivity contribution in [3.05, 3.63) is 57.6 Å². The van der Waals surface area contributed by atoms with Gasteiger partial charge in [-0.2, -0.15) is 35.1 Å². The molecule has 0 aromatic heterocycles. The van der Waals surface area contributed by atoms with Crippen molar-refractivity contribution in [2.75, 3.05) is 11.5 Å². The van der Waals surface area contributed by atoms with Gasteiger partial charge in [-0.05, 0) is 68.2 Å². The van der Waals surface area contributed by atoms with Gasteiger partial charge in [0.1, 0.15) is 0 Å². The lowest BCUT2D eigenvalue weighted by Crippen LogP contribution is -2.60. The van der Waals surface area contributed by atoms with E-state index in [4.69, 9.17) is 11.5 Å². The van der Waals surface area contributed by atoms with E-state index in [1.807, 2.05) is 0 Å². The van der Waals surface area contributed by atoms with E-state index in [2.05, 4.69) is 0 Å². The summed E-state index contributed by atoms with van der Waals surface area (Å²) in [4.78, 5) is 0. The van der Waals surface area contributed by atoms with Gasteiger partial charge in [-0.3, -0.25) is 0 Å². The molecular weight excluding hydrogens is 564 g/mol. The Labute approximate surface area is 244 Å². The van der Waals surface area contributed by atoms with Gasteiger partial charge in [-0.15, -0.1) is 0 Å². The van der Waals surface area contributed by atoms with Crippen molar-refractivity contribution in [1.82, 2.24) is 0 Å². The van der Waals surface area contributed by atoms with Gasteiger partial charge in [0.2, 0.25) is 0 Å². The molecule has 42 heavy (non-hydrogen) atoms. The third-order valence-corrected chi connectivity index (χ3v) is 7.50. The van der Waals surface area contributed by atoms with Crippen LogP contribution in [0.5, 0.6) is 0 Å². The number of nitrogens with two attached hydrogens (primary N) is 2. The van der Waals surface area contributed by atoms with Crippen LogP contribution >= 0.6 is 0 Å². The topological polar surface area (TPSA) is 52.0 Å². The van der Waals surface area contributed by atoms with Crippen molar-refractivity contribution < 1.29 is 35.1 Å². The number of hydrogen-bond acceptors (Lipinski definition) is 2. The average Bonchev–Trinajstić information content (AvgIpc) is 2.75. The molecule has 0 saturated carbocycles. The molecule has 238 valence electrons. The molecule has 0 heterocycles. The molecule has 0 bridgehead atoms. The minimum Gasteiger partial charge on any atom is -0.398 e. The monoisotopic (exact) mass is 608 g/mol. The Hall–Kier alpha value is -2.52. The summed E-state index contributed by atoms with van der Waals surface area (Å²) in [6.45, 7) is 18.9. The van der Waals surface area contributed by atoms with E-state index < -0.39 is 56.5 Å². The Balaban J connectivity index is 2.92. The first-order valence-electron chi connectivity index (χ1n) is 13.6. The smallest absolute Gasteiger partial charge is 0.382 e. The van der Waals surface area contributed by atoms with Gasteiger partial charge in [-0.25, -0.2) is 0 Å². The van der Waals surface area contributed by atoms with Gasteiger partial charge < -0.3 is 11.5 Å². The molecule has 4 N–H and O–H groups in total. The lowest BCUT2D eigenvalue weighted by atomic mass is 9.75. The number of halogens is 8. The molecule has 2 aromatic rings. The number of hydrogen-bond donors (Lipinski definition) is 2. The first-order chi connectivity index (χ1) is 18.2. The van der Waals surface area contributed by atoms with Crippen molar-refractivity contribution in [2.24, 2.45) is 0 Å². The maximum Gasteiger partial charge on any atom is 0.382 e. The summed E-state index contributed by atoms with van der Waals surface area (Å²) in [5, 5.41) is 0. The van der Waals surface area contributed by atoms with Gasteiger partial charge in [0, 0.05) is 22.5 Å². The molecule has 0 fully saturated rings. The number of rotatable bonds is 5. The van der Waals surface area contributed by atoms with Gasteiger partial charge in [-0.1, -0.05) is 83.1 Å². The van der Waals surface area contributed by atoms with Crippen LogP contribution in [-0.2, 0) is 33.5 Å². The third-order valence-electron chi connectivity index (χ3n) is 7.50. The number of benzene rings is 2. The summed E-state index contributed by atoms with van der Waals surface area (Å²) in [7, 11) is 0. The highest BCUT2D eigenvalue weighted by atomic mass is 19.4. The van der Waals surface area contributed by atoms with E-state index in [9.17, 15) is 0 Å². The summed E-state index contributed by atoms with van der Waals surface area (Å²) < 4.78 is 125. The first-order valence-corrected chi connectivity index (χ1v) is 13.6. The Kier molecular flexibility index (Phi) is 8.50. The molecule has 0 unspecified atom stereocenters. The van der Waals surface area contributed by atoms with E-state index in [1.54, 1.807) is 83.1 Å². The molecule has 0 spiro atoms. The lowest BCUT2D eigenvalue weighted by molar-refractivity contribution is -0.374. The third kappa shape index (κ3) is 5.83. The van der Waals surface area contributed by atoms with E-state index in [-0.39, 0.29) is 33.6 Å². The van der Waals surface area contributed by atoms with Crippen molar-refractivity contribution in [3.8, 4) is 0 Å². The van der Waals surface area contributed by atoms with Crippen LogP contribution in [0, 0.1) is 0 Å². The van der Waals surface area contributed by atoms with E-state index in [0.29, 0.717) is 24.3 Å². The zero-order chi connectivity index (χ0) is 33.4. The van der Waals surface area contributed by atoms with Gasteiger partial charge in [0.15, 0.2) is 0 Å². The van der Waals surface area contributed by atoms with Gasteiger partial charge >= 0.3 is 23.7 Å². The molecular formula is C32H44F8N2. The maximum atomic E-state index is 15.7. The van der Waals surface area contributed by atoms with Crippen LogP contribution in [0.3, 0.4) is 0 Å². The van der Waals surface area contributed by atoms with Crippen LogP contribution in [0.2, 0.25) is 0 Å². The molecule has 0 aliphatic rings. The molecule has 0 atom stereocenters. The molecule has 0 radical (unpaired) electrons. The SMILES string of the molecule is CC(C)(C)c1cc(C(F)(F)C(F)(F)C(F)(F)C(F)(F)c2cc(C(C)(C)C)c(N)c(C(C)(C)C)c2)cc(C(C)(C)C)c1N. The normalized spacial score (nSPS) is 14.9.